The number of hydrogen-bond donors (Lipinski definition) is 2. The normalized spacial score (nSPS) is 12.0. The van der Waals surface area contributed by atoms with E-state index >= 15 is 0 Å². The standard InChI is InChI=1S/C14H15NO2/c1-10(8-16)5-6-11-3-2-4-13-12(9-17)7-15-14(11)13/h2-5,7,9,15-16H,6,8H2,1H3/b10-5+. The molecule has 2 rings (SSSR count). The largest absolute Gasteiger partial charge is 0.392 e. The van der Waals surface area contributed by atoms with Gasteiger partial charge in [0, 0.05) is 22.7 Å². The number of fused-ring (bicyclic) bond motifs is 1. The molecule has 0 radical (unpaired) electrons. The molecule has 2 N–H and O–H groups in total. The summed E-state index contributed by atoms with van der Waals surface area (Å²) in [6.45, 7) is 1.98. The van der Waals surface area contributed by atoms with Gasteiger partial charge >= 0.3 is 0 Å². The van der Waals surface area contributed by atoms with E-state index in [0.717, 1.165) is 34.7 Å². The Kier molecular flexibility index (Phi) is 3.40. The second kappa shape index (κ2) is 4.97. The Morgan fingerprint density at radius 2 is 2.29 bits per heavy atom. The number of para-hydroxylation sites is 1. The maximum atomic E-state index is 10.8. The van der Waals surface area contributed by atoms with E-state index in [2.05, 4.69) is 4.98 Å². The van der Waals surface area contributed by atoms with Gasteiger partial charge in [-0.1, -0.05) is 29.8 Å². The molecule has 1 aromatic carbocycles. The Morgan fingerprint density at radius 3 is 3.00 bits per heavy atom. The molecule has 88 valence electrons. The molecule has 0 aliphatic rings. The number of hydrogen-bond acceptors (Lipinski definition) is 2. The van der Waals surface area contributed by atoms with E-state index in [9.17, 15) is 4.79 Å². The first kappa shape index (κ1) is 11.6. The molecule has 3 heteroatoms. The van der Waals surface area contributed by atoms with E-state index < -0.39 is 0 Å². The molecule has 0 fully saturated rings. The Balaban J connectivity index is 2.41. The van der Waals surface area contributed by atoms with Crippen LogP contribution < -0.4 is 0 Å². The van der Waals surface area contributed by atoms with Crippen molar-refractivity contribution in [1.82, 2.24) is 4.98 Å². The van der Waals surface area contributed by atoms with Crippen molar-refractivity contribution in [3.63, 3.8) is 0 Å². The highest BCUT2D eigenvalue weighted by Crippen LogP contribution is 2.21. The predicted octanol–water partition coefficient (Wildman–Crippen LogP) is 2.46. The van der Waals surface area contributed by atoms with Crippen LogP contribution in [-0.4, -0.2) is 23.0 Å². The number of carbonyl (C=O) groups excluding carboxylic acids is 1. The van der Waals surface area contributed by atoms with E-state index in [4.69, 9.17) is 5.11 Å². The lowest BCUT2D eigenvalue weighted by atomic mass is 10.1. The molecule has 1 heterocycles. The number of benzene rings is 1. The van der Waals surface area contributed by atoms with Gasteiger partial charge in [-0.15, -0.1) is 0 Å². The molecule has 0 bridgehead atoms. The van der Waals surface area contributed by atoms with Gasteiger partial charge in [0.2, 0.25) is 0 Å². The van der Waals surface area contributed by atoms with E-state index in [-0.39, 0.29) is 6.61 Å². The summed E-state index contributed by atoms with van der Waals surface area (Å²) in [5, 5.41) is 9.90. The van der Waals surface area contributed by atoms with Gasteiger partial charge in [-0.3, -0.25) is 4.79 Å². The van der Waals surface area contributed by atoms with Crippen molar-refractivity contribution in [2.75, 3.05) is 6.61 Å². The number of aromatic nitrogens is 1. The molecular formula is C14H15NO2. The first-order valence-corrected chi connectivity index (χ1v) is 5.57. The van der Waals surface area contributed by atoms with Gasteiger partial charge in [0.15, 0.2) is 6.29 Å². The Bertz CT molecular complexity index is 567. The summed E-state index contributed by atoms with van der Waals surface area (Å²) in [6, 6.07) is 5.90. The highest BCUT2D eigenvalue weighted by atomic mass is 16.3. The van der Waals surface area contributed by atoms with Crippen molar-refractivity contribution in [2.24, 2.45) is 0 Å². The Morgan fingerprint density at radius 1 is 1.47 bits per heavy atom. The van der Waals surface area contributed by atoms with E-state index in [1.807, 2.05) is 31.2 Å². The quantitative estimate of drug-likeness (QED) is 0.625. The number of aldehydes is 1. The summed E-state index contributed by atoms with van der Waals surface area (Å²) in [7, 11) is 0. The average Bonchev–Trinajstić information content (AvgIpc) is 2.79. The summed E-state index contributed by atoms with van der Waals surface area (Å²) < 4.78 is 0. The van der Waals surface area contributed by atoms with Crippen LogP contribution in [0.4, 0.5) is 0 Å². The number of rotatable bonds is 4. The third-order valence-corrected chi connectivity index (χ3v) is 2.88. The molecule has 17 heavy (non-hydrogen) atoms. The fourth-order valence-electron chi connectivity index (χ4n) is 1.86. The van der Waals surface area contributed by atoms with Crippen molar-refractivity contribution < 1.29 is 9.90 Å². The molecule has 0 saturated carbocycles. The van der Waals surface area contributed by atoms with Crippen molar-refractivity contribution in [2.45, 2.75) is 13.3 Å². The average molecular weight is 229 g/mol. The molecular weight excluding hydrogens is 214 g/mol. The number of aliphatic hydroxyl groups excluding tert-OH is 1. The predicted molar refractivity (Wildman–Crippen MR) is 68.2 cm³/mol. The van der Waals surface area contributed by atoms with E-state index in [0.29, 0.717) is 5.56 Å². The molecule has 3 nitrogen and oxygen atoms in total. The molecule has 2 aromatic rings. The summed E-state index contributed by atoms with van der Waals surface area (Å²) in [5.74, 6) is 0. The first-order valence-electron chi connectivity index (χ1n) is 5.57. The zero-order chi connectivity index (χ0) is 12.3. The van der Waals surface area contributed by atoms with Gasteiger partial charge in [-0.2, -0.15) is 0 Å². The van der Waals surface area contributed by atoms with Gasteiger partial charge < -0.3 is 10.1 Å². The third-order valence-electron chi connectivity index (χ3n) is 2.88. The Hall–Kier alpha value is -1.87. The molecule has 0 atom stereocenters. The molecule has 0 amide bonds. The van der Waals surface area contributed by atoms with Crippen LogP contribution in [0.1, 0.15) is 22.8 Å². The van der Waals surface area contributed by atoms with Crippen molar-refractivity contribution in [3.8, 4) is 0 Å². The highest BCUT2D eigenvalue weighted by molar-refractivity contribution is 5.98. The number of aliphatic hydroxyl groups is 1. The van der Waals surface area contributed by atoms with Crippen molar-refractivity contribution >= 4 is 17.2 Å². The number of carbonyl (C=O) groups is 1. The minimum absolute atomic E-state index is 0.0836. The fourth-order valence-corrected chi connectivity index (χ4v) is 1.86. The maximum Gasteiger partial charge on any atom is 0.152 e. The Labute approximate surface area is 99.8 Å². The van der Waals surface area contributed by atoms with Crippen LogP contribution in [0.15, 0.2) is 36.0 Å². The topological polar surface area (TPSA) is 53.1 Å². The molecule has 0 saturated heterocycles. The van der Waals surface area contributed by atoms with Crippen LogP contribution >= 0.6 is 0 Å². The molecule has 0 unspecified atom stereocenters. The lowest BCUT2D eigenvalue weighted by molar-refractivity contribution is 0.112. The van der Waals surface area contributed by atoms with Crippen LogP contribution in [0.3, 0.4) is 0 Å². The fraction of sp³-hybridized carbons (Fsp3) is 0.214. The van der Waals surface area contributed by atoms with E-state index in [1.165, 1.54) is 0 Å². The van der Waals surface area contributed by atoms with Crippen LogP contribution in [0.5, 0.6) is 0 Å². The van der Waals surface area contributed by atoms with Crippen molar-refractivity contribution in [1.29, 1.82) is 0 Å². The van der Waals surface area contributed by atoms with Crippen LogP contribution in [-0.2, 0) is 6.42 Å². The SMILES string of the molecule is C/C(=C\Cc1cccc2c(C=O)c[nH]c12)CO. The number of nitrogens with one attached hydrogen (secondary N) is 1. The molecule has 1 aromatic heterocycles. The maximum absolute atomic E-state index is 10.8. The second-order valence-electron chi connectivity index (χ2n) is 4.11. The number of H-pyrrole nitrogens is 1. The number of aromatic amines is 1. The monoisotopic (exact) mass is 229 g/mol. The van der Waals surface area contributed by atoms with Gasteiger partial charge in [-0.25, -0.2) is 0 Å². The second-order valence-corrected chi connectivity index (χ2v) is 4.11. The smallest absolute Gasteiger partial charge is 0.152 e. The number of allylic oxidation sites excluding steroid dienone is 1. The van der Waals surface area contributed by atoms with Crippen LogP contribution in [0.25, 0.3) is 10.9 Å². The molecule has 0 spiro atoms. The minimum Gasteiger partial charge on any atom is -0.392 e. The van der Waals surface area contributed by atoms with Gasteiger partial charge in [0.1, 0.15) is 0 Å². The summed E-state index contributed by atoms with van der Waals surface area (Å²) in [5.41, 5.74) is 3.76. The summed E-state index contributed by atoms with van der Waals surface area (Å²) in [4.78, 5) is 14.0. The highest BCUT2D eigenvalue weighted by Gasteiger charge is 2.05. The van der Waals surface area contributed by atoms with Gasteiger partial charge in [-0.05, 0) is 18.9 Å². The van der Waals surface area contributed by atoms with Crippen molar-refractivity contribution in [3.05, 3.63) is 47.2 Å². The lowest BCUT2D eigenvalue weighted by Crippen LogP contribution is -1.88. The van der Waals surface area contributed by atoms with Crippen LogP contribution in [0, 0.1) is 0 Å². The van der Waals surface area contributed by atoms with E-state index in [1.54, 1.807) is 6.20 Å². The molecule has 0 aliphatic heterocycles. The summed E-state index contributed by atoms with van der Waals surface area (Å²) >= 11 is 0. The lowest BCUT2D eigenvalue weighted by Gasteiger charge is -2.01. The zero-order valence-electron chi connectivity index (χ0n) is 9.73. The minimum atomic E-state index is 0.0836. The third kappa shape index (κ3) is 2.29. The van der Waals surface area contributed by atoms with Gasteiger partial charge in [0.25, 0.3) is 0 Å². The van der Waals surface area contributed by atoms with Gasteiger partial charge in [0.05, 0.1) is 6.61 Å². The van der Waals surface area contributed by atoms with Crippen LogP contribution in [0.2, 0.25) is 0 Å². The zero-order valence-corrected chi connectivity index (χ0v) is 9.73. The summed E-state index contributed by atoms with van der Waals surface area (Å²) in [6.07, 6.45) is 5.33. The molecule has 0 aliphatic carbocycles. The first-order chi connectivity index (χ1) is 8.26.